The molecule has 1 heterocycles. The third-order valence-corrected chi connectivity index (χ3v) is 4.02. The van der Waals surface area contributed by atoms with Crippen molar-refractivity contribution in [3.8, 4) is 0 Å². The van der Waals surface area contributed by atoms with E-state index in [0.29, 0.717) is 5.69 Å². The van der Waals surface area contributed by atoms with E-state index in [2.05, 4.69) is 18.0 Å². The van der Waals surface area contributed by atoms with Gasteiger partial charge in [-0.05, 0) is 30.7 Å². The molecule has 0 saturated carbocycles. The number of fused-ring (bicyclic) bond motifs is 1. The summed E-state index contributed by atoms with van der Waals surface area (Å²) in [5, 5.41) is 0. The van der Waals surface area contributed by atoms with Crippen LogP contribution in [0.3, 0.4) is 0 Å². The molecule has 0 amide bonds. The van der Waals surface area contributed by atoms with E-state index in [9.17, 15) is 4.39 Å². The van der Waals surface area contributed by atoms with Crippen molar-refractivity contribution in [2.45, 2.75) is 13.0 Å². The summed E-state index contributed by atoms with van der Waals surface area (Å²) in [6.45, 7) is 3.48. The highest BCUT2D eigenvalue weighted by atomic mass is 19.1. The maximum absolute atomic E-state index is 14.5. The zero-order valence-electron chi connectivity index (χ0n) is 12.4. The highest BCUT2D eigenvalue weighted by molar-refractivity contribution is 5.80. The number of hydrogen-bond acceptors (Lipinski definition) is 3. The third kappa shape index (κ3) is 2.36. The van der Waals surface area contributed by atoms with Gasteiger partial charge in [-0.25, -0.2) is 4.39 Å². The van der Waals surface area contributed by atoms with Gasteiger partial charge in [-0.1, -0.05) is 24.3 Å². The third-order valence-electron chi connectivity index (χ3n) is 4.02. The summed E-state index contributed by atoms with van der Waals surface area (Å²) in [4.78, 5) is 4.24. The van der Waals surface area contributed by atoms with Crippen LogP contribution in [0.25, 0.3) is 0 Å². The largest absolute Gasteiger partial charge is 0.371 e. The minimum atomic E-state index is -0.218. The summed E-state index contributed by atoms with van der Waals surface area (Å²) in [5.41, 5.74) is 9.62. The van der Waals surface area contributed by atoms with Crippen LogP contribution in [0.1, 0.15) is 18.5 Å². The predicted molar refractivity (Wildman–Crippen MR) is 85.7 cm³/mol. The lowest BCUT2D eigenvalue weighted by molar-refractivity contribution is 0.617. The first-order valence-electron chi connectivity index (χ1n) is 7.21. The van der Waals surface area contributed by atoms with Crippen LogP contribution in [0, 0.1) is 5.82 Å². The zero-order chi connectivity index (χ0) is 15.0. The number of halogens is 1. The predicted octanol–water partition coefficient (Wildman–Crippen LogP) is 3.43. The number of para-hydroxylation sites is 3. The zero-order valence-corrected chi connectivity index (χ0v) is 12.4. The summed E-state index contributed by atoms with van der Waals surface area (Å²) < 4.78 is 14.5. The van der Waals surface area contributed by atoms with E-state index in [1.165, 1.54) is 6.07 Å². The number of rotatable bonds is 2. The molecule has 2 aromatic carbocycles. The van der Waals surface area contributed by atoms with Crippen LogP contribution in [-0.4, -0.2) is 20.1 Å². The molecule has 1 aliphatic rings. The van der Waals surface area contributed by atoms with E-state index >= 15 is 0 Å². The Morgan fingerprint density at radius 2 is 1.76 bits per heavy atom. The Morgan fingerprint density at radius 1 is 1.05 bits per heavy atom. The van der Waals surface area contributed by atoms with E-state index in [0.717, 1.165) is 30.0 Å². The van der Waals surface area contributed by atoms with Crippen molar-refractivity contribution in [2.75, 3.05) is 29.9 Å². The molecule has 4 heteroatoms. The van der Waals surface area contributed by atoms with E-state index in [-0.39, 0.29) is 11.9 Å². The maximum atomic E-state index is 14.5. The van der Waals surface area contributed by atoms with Crippen LogP contribution >= 0.6 is 0 Å². The molecule has 3 rings (SSSR count). The van der Waals surface area contributed by atoms with Crippen molar-refractivity contribution in [3.05, 3.63) is 53.8 Å². The molecule has 1 atom stereocenters. The summed E-state index contributed by atoms with van der Waals surface area (Å²) in [7, 11) is 2.06. The molecule has 1 aliphatic heterocycles. The fourth-order valence-corrected chi connectivity index (χ4v) is 2.92. The monoisotopic (exact) mass is 285 g/mol. The second-order valence-electron chi connectivity index (χ2n) is 5.53. The van der Waals surface area contributed by atoms with Crippen molar-refractivity contribution in [3.63, 3.8) is 0 Å². The van der Waals surface area contributed by atoms with Crippen molar-refractivity contribution >= 4 is 17.1 Å². The SMILES string of the molecule is C[C@@H](N)c1cccc(F)c1N1CCN(C)c2ccccc21. The van der Waals surface area contributed by atoms with Gasteiger partial charge in [0.15, 0.2) is 0 Å². The molecule has 2 aromatic rings. The Balaban J connectivity index is 2.17. The molecule has 3 nitrogen and oxygen atoms in total. The summed E-state index contributed by atoms with van der Waals surface area (Å²) in [5.74, 6) is -0.218. The molecule has 110 valence electrons. The Kier molecular flexibility index (Phi) is 3.55. The van der Waals surface area contributed by atoms with Gasteiger partial charge in [0.25, 0.3) is 0 Å². The maximum Gasteiger partial charge on any atom is 0.147 e. The first-order chi connectivity index (χ1) is 10.1. The second kappa shape index (κ2) is 5.37. The molecule has 0 bridgehead atoms. The summed E-state index contributed by atoms with van der Waals surface area (Å²) in [6, 6.07) is 13.0. The normalized spacial score (nSPS) is 15.8. The van der Waals surface area contributed by atoms with Crippen molar-refractivity contribution in [1.82, 2.24) is 0 Å². The summed E-state index contributed by atoms with van der Waals surface area (Å²) >= 11 is 0. The second-order valence-corrected chi connectivity index (χ2v) is 5.53. The topological polar surface area (TPSA) is 32.5 Å². The van der Waals surface area contributed by atoms with E-state index < -0.39 is 0 Å². The van der Waals surface area contributed by atoms with Gasteiger partial charge < -0.3 is 15.5 Å². The van der Waals surface area contributed by atoms with Crippen LogP contribution in [0.2, 0.25) is 0 Å². The minimum Gasteiger partial charge on any atom is -0.371 e. The first kappa shape index (κ1) is 13.9. The molecule has 0 aromatic heterocycles. The van der Waals surface area contributed by atoms with Crippen molar-refractivity contribution in [2.24, 2.45) is 5.73 Å². The van der Waals surface area contributed by atoms with Crippen LogP contribution in [0.5, 0.6) is 0 Å². The molecular formula is C17H20FN3. The van der Waals surface area contributed by atoms with Crippen molar-refractivity contribution in [1.29, 1.82) is 0 Å². The summed E-state index contributed by atoms with van der Waals surface area (Å²) in [6.07, 6.45) is 0. The molecule has 0 fully saturated rings. The number of likely N-dealkylation sites (N-methyl/N-ethyl adjacent to an activating group) is 1. The highest BCUT2D eigenvalue weighted by Crippen LogP contribution is 2.40. The number of anilines is 3. The quantitative estimate of drug-likeness (QED) is 0.917. The number of benzene rings is 2. The molecule has 2 N–H and O–H groups in total. The van der Waals surface area contributed by atoms with E-state index in [4.69, 9.17) is 5.73 Å². The number of nitrogens with two attached hydrogens (primary N) is 1. The lowest BCUT2D eigenvalue weighted by Crippen LogP contribution is -2.37. The lowest BCUT2D eigenvalue weighted by Gasteiger charge is -2.38. The molecule has 0 unspecified atom stereocenters. The standard InChI is InChI=1S/C17H20FN3/c1-12(19)13-6-5-7-14(18)17(13)21-11-10-20(2)15-8-3-4-9-16(15)21/h3-9,12H,10-11,19H2,1-2H3/t12-/m1/s1. The van der Waals surface area contributed by atoms with E-state index in [1.54, 1.807) is 6.07 Å². The molecule has 0 aliphatic carbocycles. The van der Waals surface area contributed by atoms with Crippen LogP contribution < -0.4 is 15.5 Å². The number of nitrogens with zero attached hydrogens (tertiary/aromatic N) is 2. The average Bonchev–Trinajstić information content (AvgIpc) is 2.48. The van der Waals surface area contributed by atoms with Gasteiger partial charge in [0.05, 0.1) is 17.1 Å². The smallest absolute Gasteiger partial charge is 0.147 e. The van der Waals surface area contributed by atoms with Crippen LogP contribution in [0.4, 0.5) is 21.5 Å². The van der Waals surface area contributed by atoms with Crippen LogP contribution in [-0.2, 0) is 0 Å². The molecular weight excluding hydrogens is 265 g/mol. The minimum absolute atomic E-state index is 0.206. The van der Waals surface area contributed by atoms with Gasteiger partial charge in [-0.15, -0.1) is 0 Å². The highest BCUT2D eigenvalue weighted by Gasteiger charge is 2.25. The Hall–Kier alpha value is -2.07. The van der Waals surface area contributed by atoms with Gasteiger partial charge >= 0.3 is 0 Å². The molecule has 0 saturated heterocycles. The van der Waals surface area contributed by atoms with Gasteiger partial charge in [-0.2, -0.15) is 0 Å². The van der Waals surface area contributed by atoms with Gasteiger partial charge in [0.1, 0.15) is 5.82 Å². The van der Waals surface area contributed by atoms with Crippen LogP contribution in [0.15, 0.2) is 42.5 Å². The molecule has 0 radical (unpaired) electrons. The Bertz CT molecular complexity index is 654. The van der Waals surface area contributed by atoms with E-state index in [1.807, 2.05) is 36.1 Å². The van der Waals surface area contributed by atoms with Gasteiger partial charge in [-0.3, -0.25) is 0 Å². The Labute approximate surface area is 124 Å². The lowest BCUT2D eigenvalue weighted by atomic mass is 10.0. The molecule has 0 spiro atoms. The first-order valence-corrected chi connectivity index (χ1v) is 7.21. The van der Waals surface area contributed by atoms with Crippen molar-refractivity contribution < 1.29 is 4.39 Å². The fourth-order valence-electron chi connectivity index (χ4n) is 2.92. The fraction of sp³-hybridized carbons (Fsp3) is 0.294. The number of hydrogen-bond donors (Lipinski definition) is 1. The average molecular weight is 285 g/mol. The molecule has 21 heavy (non-hydrogen) atoms. The van der Waals surface area contributed by atoms with Gasteiger partial charge in [0.2, 0.25) is 0 Å². The Morgan fingerprint density at radius 3 is 2.48 bits per heavy atom. The van der Waals surface area contributed by atoms with Gasteiger partial charge in [0, 0.05) is 26.2 Å².